The summed E-state index contributed by atoms with van der Waals surface area (Å²) in [4.78, 5) is 79.0. The largest absolute Gasteiger partial charge is 0.478 e. The van der Waals surface area contributed by atoms with Crippen molar-refractivity contribution in [1.82, 2.24) is 0 Å². The van der Waals surface area contributed by atoms with Crippen LogP contribution in [-0.4, -0.2) is 72.1 Å². The molecule has 0 saturated heterocycles. The van der Waals surface area contributed by atoms with E-state index < -0.39 is 35.6 Å². The Bertz CT molecular complexity index is 1420. The van der Waals surface area contributed by atoms with Gasteiger partial charge in [0, 0.05) is 54.9 Å². The summed E-state index contributed by atoms with van der Waals surface area (Å²) in [6, 6.07) is 10.7. The quantitative estimate of drug-likeness (QED) is 0.459. The number of carboxylic acid groups (broad SMARTS) is 3. The van der Waals surface area contributed by atoms with Gasteiger partial charge in [-0.1, -0.05) is 0 Å². The van der Waals surface area contributed by atoms with Gasteiger partial charge in [-0.15, -0.1) is 0 Å². The summed E-state index contributed by atoms with van der Waals surface area (Å²) >= 11 is 0. The second-order valence-electron chi connectivity index (χ2n) is 8.81. The van der Waals surface area contributed by atoms with Crippen LogP contribution in [0.3, 0.4) is 0 Å². The molecule has 0 saturated carbocycles. The molecular weight excluding hydrogens is 510 g/mol. The third kappa shape index (κ3) is 4.90. The number of fused-ring (bicyclic) bond motifs is 6. The van der Waals surface area contributed by atoms with Crippen LogP contribution in [-0.2, 0) is 0 Å². The highest BCUT2D eigenvalue weighted by molar-refractivity contribution is 6.14. The Kier molecular flexibility index (Phi) is 6.63. The minimum Gasteiger partial charge on any atom is -0.478 e. The lowest BCUT2D eigenvalue weighted by Crippen LogP contribution is -2.29. The number of benzene rings is 3. The molecule has 0 radical (unpaired) electrons. The van der Waals surface area contributed by atoms with Crippen molar-refractivity contribution in [3.05, 3.63) is 88.0 Å². The van der Waals surface area contributed by atoms with E-state index in [9.17, 15) is 44.1 Å². The van der Waals surface area contributed by atoms with Crippen LogP contribution in [0.25, 0.3) is 0 Å². The highest BCUT2D eigenvalue weighted by Crippen LogP contribution is 2.28. The van der Waals surface area contributed by atoms with E-state index >= 15 is 0 Å². The van der Waals surface area contributed by atoms with Crippen LogP contribution in [0.5, 0.6) is 0 Å². The Hall–Kier alpha value is -5.52. The van der Waals surface area contributed by atoms with Gasteiger partial charge in [0.1, 0.15) is 0 Å². The number of carboxylic acids is 3. The minimum atomic E-state index is -1.37. The molecule has 1 aliphatic rings. The van der Waals surface area contributed by atoms with Gasteiger partial charge in [0.25, 0.3) is 17.7 Å². The van der Waals surface area contributed by atoms with Crippen molar-refractivity contribution in [3.63, 3.8) is 0 Å². The van der Waals surface area contributed by atoms with Crippen molar-refractivity contribution >= 4 is 52.7 Å². The second-order valence-corrected chi connectivity index (χ2v) is 8.81. The number of rotatable bonds is 3. The molecule has 3 aromatic carbocycles. The fraction of sp³-hybridized carbons (Fsp3) is 0.111. The lowest BCUT2D eigenvalue weighted by molar-refractivity contribution is 0.0685. The Morgan fingerprint density at radius 1 is 0.462 bits per heavy atom. The highest BCUT2D eigenvalue weighted by atomic mass is 16.4. The molecule has 12 nitrogen and oxygen atoms in total. The summed E-state index contributed by atoms with van der Waals surface area (Å²) in [6.07, 6.45) is 0. The van der Waals surface area contributed by atoms with Gasteiger partial charge in [-0.05, 0) is 54.6 Å². The second kappa shape index (κ2) is 9.74. The van der Waals surface area contributed by atoms with E-state index in [2.05, 4.69) is 0 Å². The third-order valence-corrected chi connectivity index (χ3v) is 6.31. The van der Waals surface area contributed by atoms with E-state index in [1.165, 1.54) is 57.5 Å². The number of carbonyl (C=O) groups is 6. The van der Waals surface area contributed by atoms with E-state index in [1.54, 1.807) is 0 Å². The topological polar surface area (TPSA) is 173 Å². The van der Waals surface area contributed by atoms with Gasteiger partial charge in [-0.3, -0.25) is 14.4 Å². The molecule has 0 aromatic heterocycles. The van der Waals surface area contributed by atoms with Crippen LogP contribution in [0.15, 0.2) is 54.6 Å². The van der Waals surface area contributed by atoms with Crippen LogP contribution in [0, 0.1) is 0 Å². The zero-order chi connectivity index (χ0) is 28.8. The average molecular weight is 531 g/mol. The van der Waals surface area contributed by atoms with Crippen LogP contribution in [0.2, 0.25) is 0 Å². The smallest absolute Gasteiger partial charge is 0.335 e. The molecule has 4 rings (SSSR count). The normalized spacial score (nSPS) is 13.6. The summed E-state index contributed by atoms with van der Waals surface area (Å²) in [5.74, 6) is -6.33. The Labute approximate surface area is 220 Å². The molecule has 12 heteroatoms. The predicted molar refractivity (Wildman–Crippen MR) is 138 cm³/mol. The summed E-state index contributed by atoms with van der Waals surface area (Å²) < 4.78 is 0. The van der Waals surface area contributed by atoms with E-state index in [0.29, 0.717) is 0 Å². The van der Waals surface area contributed by atoms with Crippen molar-refractivity contribution in [2.45, 2.75) is 0 Å². The first-order valence-corrected chi connectivity index (χ1v) is 11.3. The molecule has 1 heterocycles. The first-order chi connectivity index (χ1) is 18.3. The Morgan fingerprint density at radius 3 is 0.897 bits per heavy atom. The average Bonchev–Trinajstić information content (AvgIpc) is 2.93. The van der Waals surface area contributed by atoms with Crippen LogP contribution in [0.4, 0.5) is 17.1 Å². The molecule has 1 aliphatic heterocycles. The molecule has 39 heavy (non-hydrogen) atoms. The van der Waals surface area contributed by atoms with Crippen molar-refractivity contribution in [2.24, 2.45) is 0 Å². The maximum absolute atomic E-state index is 13.4. The van der Waals surface area contributed by atoms with Crippen molar-refractivity contribution in [3.8, 4) is 0 Å². The highest BCUT2D eigenvalue weighted by Gasteiger charge is 2.26. The fourth-order valence-electron chi connectivity index (χ4n) is 4.09. The molecule has 3 N–H and O–H groups in total. The lowest BCUT2D eigenvalue weighted by atomic mass is 10.0. The van der Waals surface area contributed by atoms with Gasteiger partial charge in [0.05, 0.1) is 16.7 Å². The standard InChI is InChI=1S/C27H21N3O9/c1-28-19-7-14(5-16(10-19)25(34)35)23(32)30(3)21-9-15(6-18(12-21)27(38)39)24(33)29(2)20-8-13(22(28)31)4-17(11-20)26(36)37/h4-12H,1-3H3,(H,34,35)(H,36,37)(H,38,39). The van der Waals surface area contributed by atoms with Gasteiger partial charge in [0.15, 0.2) is 0 Å². The van der Waals surface area contributed by atoms with Crippen molar-refractivity contribution in [2.75, 3.05) is 35.8 Å². The number of carbonyl (C=O) groups excluding carboxylic acids is 3. The first kappa shape index (κ1) is 26.5. The summed E-state index contributed by atoms with van der Waals surface area (Å²) in [6.45, 7) is 0. The molecule has 0 fully saturated rings. The van der Waals surface area contributed by atoms with Crippen LogP contribution < -0.4 is 14.7 Å². The molecule has 0 aliphatic carbocycles. The van der Waals surface area contributed by atoms with Gasteiger partial charge in [-0.2, -0.15) is 0 Å². The van der Waals surface area contributed by atoms with E-state index in [1.807, 2.05) is 0 Å². The molecule has 0 spiro atoms. The van der Waals surface area contributed by atoms with E-state index in [0.717, 1.165) is 32.9 Å². The third-order valence-electron chi connectivity index (χ3n) is 6.31. The number of amides is 3. The number of hydrogen-bond donors (Lipinski definition) is 3. The number of aromatic carboxylic acids is 3. The zero-order valence-corrected chi connectivity index (χ0v) is 20.8. The zero-order valence-electron chi connectivity index (χ0n) is 20.8. The predicted octanol–water partition coefficient (Wildman–Crippen LogP) is 2.92. The SMILES string of the molecule is CN1C(=O)c2cc(C(=O)O)cc(c2)N(C)C(=O)c2cc(C(=O)O)cc(c2)N(C)C(=O)c2cc(C(=O)O)cc1c2. The molecular formula is C27H21N3O9. The summed E-state index contributed by atoms with van der Waals surface area (Å²) in [7, 11) is 3.97. The monoisotopic (exact) mass is 531 g/mol. The van der Waals surface area contributed by atoms with E-state index in [4.69, 9.17) is 0 Å². The molecule has 3 amide bonds. The van der Waals surface area contributed by atoms with Gasteiger partial charge in [-0.25, -0.2) is 14.4 Å². The van der Waals surface area contributed by atoms with Crippen molar-refractivity contribution in [1.29, 1.82) is 0 Å². The first-order valence-electron chi connectivity index (χ1n) is 11.3. The van der Waals surface area contributed by atoms with Crippen molar-refractivity contribution < 1.29 is 44.1 Å². The van der Waals surface area contributed by atoms with Crippen LogP contribution in [0.1, 0.15) is 62.1 Å². The van der Waals surface area contributed by atoms with Gasteiger partial charge < -0.3 is 30.0 Å². The Balaban J connectivity index is 2.06. The maximum Gasteiger partial charge on any atom is 0.335 e. The number of hydrogen-bond acceptors (Lipinski definition) is 6. The maximum atomic E-state index is 13.4. The molecule has 0 unspecified atom stereocenters. The molecule has 3 aromatic rings. The van der Waals surface area contributed by atoms with Gasteiger partial charge >= 0.3 is 17.9 Å². The molecule has 198 valence electrons. The molecule has 6 bridgehead atoms. The lowest BCUT2D eigenvalue weighted by Gasteiger charge is -2.22. The summed E-state index contributed by atoms with van der Waals surface area (Å²) in [5, 5.41) is 28.9. The van der Waals surface area contributed by atoms with Gasteiger partial charge in [0.2, 0.25) is 0 Å². The van der Waals surface area contributed by atoms with Crippen LogP contribution >= 0.6 is 0 Å². The minimum absolute atomic E-state index is 0.0261. The summed E-state index contributed by atoms with van der Waals surface area (Å²) in [5.41, 5.74) is -1.23. The number of anilines is 3. The number of nitrogens with zero attached hydrogens (tertiary/aromatic N) is 3. The fourth-order valence-corrected chi connectivity index (χ4v) is 4.09. The Morgan fingerprint density at radius 2 is 0.692 bits per heavy atom. The molecule has 0 atom stereocenters. The van der Waals surface area contributed by atoms with E-state index in [-0.39, 0.29) is 50.4 Å².